The molecule has 0 unspecified atom stereocenters. The highest BCUT2D eigenvalue weighted by Gasteiger charge is 2.15. The molecule has 10 heteroatoms. The predicted molar refractivity (Wildman–Crippen MR) is 230 cm³/mol. The van der Waals surface area contributed by atoms with Crippen molar-refractivity contribution in [2.45, 2.75) is 91.6 Å². The molecule has 0 aliphatic heterocycles. The van der Waals surface area contributed by atoms with Gasteiger partial charge in [-0.3, -0.25) is 9.97 Å². The van der Waals surface area contributed by atoms with Crippen molar-refractivity contribution in [2.75, 3.05) is 26.4 Å². The first-order chi connectivity index (χ1) is 28.0. The van der Waals surface area contributed by atoms with Crippen LogP contribution < -0.4 is 0 Å². The summed E-state index contributed by atoms with van der Waals surface area (Å²) in [6, 6.07) is 31.7. The molecule has 0 atom stereocenters. The van der Waals surface area contributed by atoms with Crippen molar-refractivity contribution in [2.24, 2.45) is 0 Å². The molecule has 0 radical (unpaired) electrons. The van der Waals surface area contributed by atoms with Crippen LogP contribution in [0.3, 0.4) is 0 Å². The van der Waals surface area contributed by atoms with Gasteiger partial charge in [0.05, 0.1) is 70.0 Å². The van der Waals surface area contributed by atoms with Crippen molar-refractivity contribution in [3.8, 4) is 56.9 Å². The number of hydrogen-bond donors (Lipinski definition) is 0. The molecule has 0 spiro atoms. The summed E-state index contributed by atoms with van der Waals surface area (Å²) in [6.07, 6.45) is 7.55. The van der Waals surface area contributed by atoms with E-state index in [-0.39, 0.29) is 11.2 Å². The van der Waals surface area contributed by atoms with Crippen LogP contribution in [0.2, 0.25) is 0 Å². The monoisotopic (exact) mass is 780 g/mol. The highest BCUT2D eigenvalue weighted by Crippen LogP contribution is 2.29. The third kappa shape index (κ3) is 13.4. The largest absolute Gasteiger partial charge is 0.377 e. The lowest BCUT2D eigenvalue weighted by Gasteiger charge is -2.19. The second-order valence-corrected chi connectivity index (χ2v) is 16.2. The lowest BCUT2D eigenvalue weighted by Crippen LogP contribution is -2.19. The summed E-state index contributed by atoms with van der Waals surface area (Å²) in [5.74, 6) is 0.584. The van der Waals surface area contributed by atoms with Gasteiger partial charge in [-0.15, -0.1) is 0 Å². The van der Waals surface area contributed by atoms with E-state index in [1.165, 1.54) is 0 Å². The van der Waals surface area contributed by atoms with Crippen LogP contribution in [-0.2, 0) is 32.2 Å². The third-order valence-electron chi connectivity index (χ3n) is 8.93. The first kappa shape index (κ1) is 42.3. The fourth-order valence-corrected chi connectivity index (χ4v) is 5.94. The number of hydrogen-bond acceptors (Lipinski definition) is 10. The van der Waals surface area contributed by atoms with Crippen LogP contribution in [0, 0.1) is 0 Å². The molecule has 10 nitrogen and oxygen atoms in total. The van der Waals surface area contributed by atoms with Gasteiger partial charge in [0.2, 0.25) is 0 Å². The minimum absolute atomic E-state index is 0.109. The van der Waals surface area contributed by atoms with Crippen molar-refractivity contribution >= 4 is 0 Å². The summed E-state index contributed by atoms with van der Waals surface area (Å²) in [7, 11) is 0. The molecule has 0 bridgehead atoms. The number of rotatable bonds is 19. The maximum Gasteiger partial charge on any atom is 0.160 e. The van der Waals surface area contributed by atoms with Crippen LogP contribution in [0.15, 0.2) is 109 Å². The Morgan fingerprint density at radius 1 is 0.414 bits per heavy atom. The molecule has 0 amide bonds. The zero-order valence-corrected chi connectivity index (χ0v) is 34.8. The zero-order chi connectivity index (χ0) is 40.8. The Hall–Kier alpha value is -5.26. The van der Waals surface area contributed by atoms with Gasteiger partial charge in [0.15, 0.2) is 5.82 Å². The average molecular weight is 781 g/mol. The summed E-state index contributed by atoms with van der Waals surface area (Å²) in [5, 5.41) is 0. The van der Waals surface area contributed by atoms with Crippen LogP contribution in [0.4, 0.5) is 0 Å². The molecule has 0 N–H and O–H groups in total. The van der Waals surface area contributed by atoms with Gasteiger partial charge in [-0.25, -0.2) is 19.9 Å². The van der Waals surface area contributed by atoms with E-state index < -0.39 is 0 Å². The Labute approximate surface area is 343 Å². The Morgan fingerprint density at radius 3 is 1.26 bits per heavy atom. The average Bonchev–Trinajstić information content (AvgIpc) is 3.23. The first-order valence-electron chi connectivity index (χ1n) is 20.2. The molecule has 5 aromatic heterocycles. The van der Waals surface area contributed by atoms with E-state index in [1.54, 1.807) is 0 Å². The maximum atomic E-state index is 5.90. The molecule has 1 aromatic carbocycles. The smallest absolute Gasteiger partial charge is 0.160 e. The fraction of sp³-hybridized carbons (Fsp3) is 0.375. The fourth-order valence-electron chi connectivity index (χ4n) is 5.94. The van der Waals surface area contributed by atoms with Gasteiger partial charge in [-0.2, -0.15) is 0 Å². The minimum atomic E-state index is -0.109. The molecule has 6 aromatic rings. The molecule has 0 fully saturated rings. The van der Waals surface area contributed by atoms with E-state index in [0.29, 0.717) is 55.0 Å². The van der Waals surface area contributed by atoms with Gasteiger partial charge in [-0.1, -0.05) is 54.6 Å². The van der Waals surface area contributed by atoms with Crippen molar-refractivity contribution in [3.05, 3.63) is 121 Å². The number of ether oxygens (including phenoxy) is 4. The number of benzene rings is 1. The molecular formula is C48H56N6O4. The number of nitrogens with zero attached hydrogens (tertiary/aromatic N) is 6. The summed E-state index contributed by atoms with van der Waals surface area (Å²) < 4.78 is 23.4. The first-order valence-corrected chi connectivity index (χ1v) is 20.2. The summed E-state index contributed by atoms with van der Waals surface area (Å²) in [6.45, 7) is 16.3. The van der Waals surface area contributed by atoms with E-state index in [2.05, 4.69) is 41.5 Å². The minimum Gasteiger partial charge on any atom is -0.377 e. The quantitative estimate of drug-likeness (QED) is 0.0736. The van der Waals surface area contributed by atoms with Crippen LogP contribution in [0.1, 0.15) is 78.4 Å². The van der Waals surface area contributed by atoms with E-state index in [9.17, 15) is 0 Å². The number of pyridine rings is 4. The van der Waals surface area contributed by atoms with E-state index in [0.717, 1.165) is 78.4 Å². The Morgan fingerprint density at radius 2 is 0.845 bits per heavy atom. The van der Waals surface area contributed by atoms with E-state index in [1.807, 2.05) is 109 Å². The lowest BCUT2D eigenvalue weighted by molar-refractivity contribution is -0.00794. The molecule has 0 aliphatic rings. The van der Waals surface area contributed by atoms with Crippen LogP contribution >= 0.6 is 0 Å². The molecule has 5 heterocycles. The van der Waals surface area contributed by atoms with Gasteiger partial charge >= 0.3 is 0 Å². The maximum absolute atomic E-state index is 5.90. The Bertz CT molecular complexity index is 2030. The van der Waals surface area contributed by atoms with Gasteiger partial charge in [0, 0.05) is 44.4 Å². The Balaban J connectivity index is 1.14. The second-order valence-electron chi connectivity index (χ2n) is 16.2. The standard InChI is InChI=1S/C48H56N6O4/c1-47(2,3)57-28-12-10-26-55-33-35-22-24-38(49-31-35)40-18-14-20-42(51-40)44-30-45(54-46(53-44)37-16-8-7-9-17-37)43-21-15-19-41(52-43)39-25-23-36(32-50-39)34-56-27-11-13-29-58-48(4,5)6/h7-9,14-25,30-32H,10-13,26-29,33-34H2,1-6H3. The summed E-state index contributed by atoms with van der Waals surface area (Å²) in [4.78, 5) is 29.5. The summed E-state index contributed by atoms with van der Waals surface area (Å²) >= 11 is 0. The van der Waals surface area contributed by atoms with Gasteiger partial charge in [-0.05, 0) is 121 Å². The van der Waals surface area contributed by atoms with Crippen LogP contribution in [-0.4, -0.2) is 67.5 Å². The van der Waals surface area contributed by atoms with E-state index in [4.69, 9.17) is 48.9 Å². The third-order valence-corrected chi connectivity index (χ3v) is 8.93. The molecule has 302 valence electrons. The van der Waals surface area contributed by atoms with Crippen molar-refractivity contribution < 1.29 is 18.9 Å². The highest BCUT2D eigenvalue weighted by atomic mass is 16.5. The van der Waals surface area contributed by atoms with Crippen molar-refractivity contribution in [3.63, 3.8) is 0 Å². The predicted octanol–water partition coefficient (Wildman–Crippen LogP) is 10.6. The molecular weight excluding hydrogens is 725 g/mol. The van der Waals surface area contributed by atoms with Crippen molar-refractivity contribution in [1.82, 2.24) is 29.9 Å². The Kier molecular flexibility index (Phi) is 14.9. The van der Waals surface area contributed by atoms with Crippen molar-refractivity contribution in [1.29, 1.82) is 0 Å². The molecule has 0 aliphatic carbocycles. The summed E-state index contributed by atoms with van der Waals surface area (Å²) in [5.41, 5.74) is 8.50. The number of aromatic nitrogens is 6. The molecule has 0 saturated heterocycles. The van der Waals surface area contributed by atoms with E-state index >= 15 is 0 Å². The molecule has 58 heavy (non-hydrogen) atoms. The van der Waals surface area contributed by atoms with Crippen LogP contribution in [0.5, 0.6) is 0 Å². The van der Waals surface area contributed by atoms with Gasteiger partial charge < -0.3 is 18.9 Å². The molecule has 6 rings (SSSR count). The van der Waals surface area contributed by atoms with Crippen LogP contribution in [0.25, 0.3) is 56.9 Å². The zero-order valence-electron chi connectivity index (χ0n) is 34.8. The van der Waals surface area contributed by atoms with Gasteiger partial charge in [0.25, 0.3) is 0 Å². The second kappa shape index (κ2) is 20.4. The highest BCUT2D eigenvalue weighted by molar-refractivity contribution is 5.71. The van der Waals surface area contributed by atoms with Gasteiger partial charge in [0.1, 0.15) is 0 Å². The normalized spacial score (nSPS) is 11.9. The SMILES string of the molecule is CC(C)(C)OCCCCOCc1ccc(-c2cccc(-c3cc(-c4cccc(-c5ccc(COCCCCOC(C)(C)C)cn5)n4)nc(-c4ccccc4)n3)n2)nc1. The topological polar surface area (TPSA) is 114 Å². The number of unbranched alkanes of at least 4 members (excludes halogenated alkanes) is 2. The molecule has 0 saturated carbocycles. The lowest BCUT2D eigenvalue weighted by atomic mass is 10.1.